The summed E-state index contributed by atoms with van der Waals surface area (Å²) >= 11 is 0. The monoisotopic (exact) mass is 255 g/mol. The van der Waals surface area contributed by atoms with Crippen LogP contribution in [0.4, 0.5) is 0 Å². The van der Waals surface area contributed by atoms with E-state index in [-0.39, 0.29) is 17.2 Å². The number of carbonyl (C=O) groups is 2. The molecule has 0 spiro atoms. The first-order valence-corrected chi connectivity index (χ1v) is 6.59. The molecule has 0 radical (unpaired) electrons. The Morgan fingerprint density at radius 3 is 2.50 bits per heavy atom. The summed E-state index contributed by atoms with van der Waals surface area (Å²) in [6.45, 7) is 7.69. The molecule has 1 atom stereocenters. The standard InChI is InChI=1S/C13H25N3O2/c1-5-13(6-7-15-9-13)11(18)16-8-12(2,3)10(17)14-4/h15H,5-9H2,1-4H3,(H,14,17)(H,16,18). The predicted molar refractivity (Wildman–Crippen MR) is 71.1 cm³/mol. The van der Waals surface area contributed by atoms with Gasteiger partial charge in [0, 0.05) is 20.1 Å². The highest BCUT2D eigenvalue weighted by Gasteiger charge is 2.40. The van der Waals surface area contributed by atoms with E-state index in [9.17, 15) is 9.59 Å². The zero-order chi connectivity index (χ0) is 13.8. The Morgan fingerprint density at radius 1 is 1.39 bits per heavy atom. The van der Waals surface area contributed by atoms with Crippen molar-refractivity contribution in [3.63, 3.8) is 0 Å². The van der Waals surface area contributed by atoms with Crippen LogP contribution >= 0.6 is 0 Å². The Bertz CT molecular complexity index is 320. The predicted octanol–water partition coefficient (Wildman–Crippen LogP) is 0.265. The molecule has 1 saturated heterocycles. The molecule has 3 N–H and O–H groups in total. The van der Waals surface area contributed by atoms with Crippen LogP contribution in [0.5, 0.6) is 0 Å². The summed E-state index contributed by atoms with van der Waals surface area (Å²) in [5.74, 6) is 0.00451. The molecule has 2 amide bonds. The van der Waals surface area contributed by atoms with Gasteiger partial charge in [0.25, 0.3) is 0 Å². The van der Waals surface area contributed by atoms with Gasteiger partial charge in [-0.15, -0.1) is 0 Å². The fourth-order valence-electron chi connectivity index (χ4n) is 2.31. The number of rotatable bonds is 5. The summed E-state index contributed by atoms with van der Waals surface area (Å²) in [4.78, 5) is 23.9. The first-order valence-electron chi connectivity index (χ1n) is 6.59. The lowest BCUT2D eigenvalue weighted by atomic mass is 9.82. The summed E-state index contributed by atoms with van der Waals surface area (Å²) in [5.41, 5.74) is -0.871. The van der Waals surface area contributed by atoms with Gasteiger partial charge in [-0.05, 0) is 33.2 Å². The number of hydrogen-bond acceptors (Lipinski definition) is 3. The minimum Gasteiger partial charge on any atom is -0.359 e. The number of amides is 2. The van der Waals surface area contributed by atoms with Crippen molar-refractivity contribution in [2.75, 3.05) is 26.7 Å². The van der Waals surface area contributed by atoms with Crippen molar-refractivity contribution in [1.29, 1.82) is 0 Å². The Balaban J connectivity index is 2.58. The van der Waals surface area contributed by atoms with Crippen molar-refractivity contribution in [2.45, 2.75) is 33.6 Å². The maximum Gasteiger partial charge on any atom is 0.227 e. The van der Waals surface area contributed by atoms with Crippen molar-refractivity contribution in [2.24, 2.45) is 10.8 Å². The SMILES string of the molecule is CCC1(C(=O)NCC(C)(C)C(=O)NC)CCNC1. The van der Waals surface area contributed by atoms with Gasteiger partial charge in [-0.2, -0.15) is 0 Å². The van der Waals surface area contributed by atoms with E-state index in [0.29, 0.717) is 6.54 Å². The van der Waals surface area contributed by atoms with E-state index in [1.54, 1.807) is 7.05 Å². The van der Waals surface area contributed by atoms with E-state index in [1.807, 2.05) is 20.8 Å². The number of nitrogens with one attached hydrogen (secondary N) is 3. The van der Waals surface area contributed by atoms with Crippen LogP contribution in [0.1, 0.15) is 33.6 Å². The molecule has 1 unspecified atom stereocenters. The van der Waals surface area contributed by atoms with Crippen LogP contribution in [0.25, 0.3) is 0 Å². The third-order valence-electron chi connectivity index (χ3n) is 3.93. The molecule has 1 aliphatic heterocycles. The second kappa shape index (κ2) is 5.69. The summed E-state index contributed by atoms with van der Waals surface area (Å²) < 4.78 is 0. The minimum absolute atomic E-state index is 0.0575. The first-order chi connectivity index (χ1) is 8.38. The molecule has 1 rings (SSSR count). The summed E-state index contributed by atoms with van der Waals surface area (Å²) in [7, 11) is 1.61. The van der Waals surface area contributed by atoms with E-state index in [1.165, 1.54) is 0 Å². The Kier molecular flexibility index (Phi) is 4.73. The molecule has 1 heterocycles. The molecule has 0 aromatic heterocycles. The molecule has 0 aromatic carbocycles. The van der Waals surface area contributed by atoms with E-state index < -0.39 is 5.41 Å². The van der Waals surface area contributed by atoms with Crippen LogP contribution in [0.15, 0.2) is 0 Å². The topological polar surface area (TPSA) is 70.2 Å². The van der Waals surface area contributed by atoms with E-state index >= 15 is 0 Å². The minimum atomic E-state index is -0.578. The molecular weight excluding hydrogens is 230 g/mol. The fraction of sp³-hybridized carbons (Fsp3) is 0.846. The number of carbonyl (C=O) groups excluding carboxylic acids is 2. The lowest BCUT2D eigenvalue weighted by Gasteiger charge is -2.29. The maximum atomic E-state index is 12.3. The Labute approximate surface area is 109 Å². The van der Waals surface area contributed by atoms with Gasteiger partial charge in [-0.1, -0.05) is 6.92 Å². The van der Waals surface area contributed by atoms with Gasteiger partial charge >= 0.3 is 0 Å². The quantitative estimate of drug-likeness (QED) is 0.660. The van der Waals surface area contributed by atoms with Gasteiger partial charge in [0.15, 0.2) is 0 Å². The third-order valence-corrected chi connectivity index (χ3v) is 3.93. The Hall–Kier alpha value is -1.10. The van der Waals surface area contributed by atoms with E-state index in [4.69, 9.17) is 0 Å². The summed E-state index contributed by atoms with van der Waals surface area (Å²) in [6.07, 6.45) is 1.70. The van der Waals surface area contributed by atoms with E-state index in [2.05, 4.69) is 16.0 Å². The lowest BCUT2D eigenvalue weighted by molar-refractivity contribution is -0.132. The molecule has 104 valence electrons. The molecule has 0 saturated carbocycles. The molecular formula is C13H25N3O2. The van der Waals surface area contributed by atoms with Crippen LogP contribution in [0.3, 0.4) is 0 Å². The van der Waals surface area contributed by atoms with Gasteiger partial charge < -0.3 is 16.0 Å². The normalized spacial score (nSPS) is 23.8. The molecule has 5 nitrogen and oxygen atoms in total. The van der Waals surface area contributed by atoms with Crippen molar-refractivity contribution in [3.8, 4) is 0 Å². The van der Waals surface area contributed by atoms with Gasteiger partial charge in [-0.25, -0.2) is 0 Å². The zero-order valence-corrected chi connectivity index (χ0v) is 11.9. The van der Waals surface area contributed by atoms with Crippen molar-refractivity contribution in [1.82, 2.24) is 16.0 Å². The van der Waals surface area contributed by atoms with Gasteiger partial charge in [-0.3, -0.25) is 9.59 Å². The average molecular weight is 255 g/mol. The molecule has 1 aliphatic rings. The second-order valence-corrected chi connectivity index (χ2v) is 5.71. The molecule has 18 heavy (non-hydrogen) atoms. The van der Waals surface area contributed by atoms with E-state index in [0.717, 1.165) is 25.9 Å². The van der Waals surface area contributed by atoms with Crippen LogP contribution in [0.2, 0.25) is 0 Å². The highest BCUT2D eigenvalue weighted by Crippen LogP contribution is 2.29. The molecule has 0 bridgehead atoms. The number of hydrogen-bond donors (Lipinski definition) is 3. The maximum absolute atomic E-state index is 12.3. The molecule has 0 aliphatic carbocycles. The van der Waals surface area contributed by atoms with Crippen LogP contribution < -0.4 is 16.0 Å². The highest BCUT2D eigenvalue weighted by atomic mass is 16.2. The first kappa shape index (κ1) is 15.0. The molecule has 1 fully saturated rings. The fourth-order valence-corrected chi connectivity index (χ4v) is 2.31. The van der Waals surface area contributed by atoms with Crippen molar-refractivity contribution < 1.29 is 9.59 Å². The van der Waals surface area contributed by atoms with Crippen molar-refractivity contribution in [3.05, 3.63) is 0 Å². The van der Waals surface area contributed by atoms with Gasteiger partial charge in [0.05, 0.1) is 10.8 Å². The Morgan fingerprint density at radius 2 is 2.06 bits per heavy atom. The largest absolute Gasteiger partial charge is 0.359 e. The summed E-state index contributed by atoms with van der Waals surface area (Å²) in [5, 5.41) is 8.79. The average Bonchev–Trinajstić information content (AvgIpc) is 2.84. The zero-order valence-electron chi connectivity index (χ0n) is 11.9. The molecule has 0 aromatic rings. The van der Waals surface area contributed by atoms with Gasteiger partial charge in [0.2, 0.25) is 11.8 Å². The van der Waals surface area contributed by atoms with Crippen LogP contribution in [-0.2, 0) is 9.59 Å². The highest BCUT2D eigenvalue weighted by molar-refractivity contribution is 5.85. The second-order valence-electron chi connectivity index (χ2n) is 5.71. The molecule has 5 heteroatoms. The van der Waals surface area contributed by atoms with Crippen LogP contribution in [-0.4, -0.2) is 38.5 Å². The van der Waals surface area contributed by atoms with Gasteiger partial charge in [0.1, 0.15) is 0 Å². The smallest absolute Gasteiger partial charge is 0.227 e. The van der Waals surface area contributed by atoms with Crippen LogP contribution in [0, 0.1) is 10.8 Å². The lowest BCUT2D eigenvalue weighted by Crippen LogP contribution is -2.48. The third kappa shape index (κ3) is 3.02. The van der Waals surface area contributed by atoms with Crippen molar-refractivity contribution >= 4 is 11.8 Å². The summed E-state index contributed by atoms with van der Waals surface area (Å²) in [6, 6.07) is 0.